The summed E-state index contributed by atoms with van der Waals surface area (Å²) in [5, 5.41) is 4.96. The Morgan fingerprint density at radius 1 is 1.53 bits per heavy atom. The highest BCUT2D eigenvalue weighted by molar-refractivity contribution is 7.10. The number of hydrogen-bond acceptors (Lipinski definition) is 3. The van der Waals surface area contributed by atoms with Crippen LogP contribution in [0, 0.1) is 0 Å². The molecule has 0 aliphatic heterocycles. The predicted octanol–water partition coefficient (Wildman–Crippen LogP) is 3.30. The molecule has 2 rings (SSSR count). The van der Waals surface area contributed by atoms with Gasteiger partial charge < -0.3 is 10.1 Å². The van der Waals surface area contributed by atoms with Gasteiger partial charge in [-0.3, -0.25) is 0 Å². The van der Waals surface area contributed by atoms with Crippen molar-refractivity contribution < 1.29 is 9.53 Å². The summed E-state index contributed by atoms with van der Waals surface area (Å²) < 4.78 is 5.23. The zero-order valence-electron chi connectivity index (χ0n) is 10.6. The van der Waals surface area contributed by atoms with E-state index in [4.69, 9.17) is 4.74 Å². The largest absolute Gasteiger partial charge is 0.444 e. The molecule has 0 unspecified atom stereocenters. The molecule has 0 radical (unpaired) electrons. The molecule has 3 nitrogen and oxygen atoms in total. The minimum absolute atomic E-state index is 0.186. The van der Waals surface area contributed by atoms with E-state index in [0.717, 1.165) is 12.8 Å². The van der Waals surface area contributed by atoms with Gasteiger partial charge in [-0.2, -0.15) is 0 Å². The summed E-state index contributed by atoms with van der Waals surface area (Å²) in [7, 11) is 0. The smallest absolute Gasteiger partial charge is 0.407 e. The maximum Gasteiger partial charge on any atom is 0.407 e. The summed E-state index contributed by atoms with van der Waals surface area (Å²) in [4.78, 5) is 12.9. The minimum atomic E-state index is -0.427. The molecule has 1 amide bonds. The van der Waals surface area contributed by atoms with Crippen molar-refractivity contribution in [2.45, 2.75) is 44.6 Å². The maximum atomic E-state index is 11.6. The number of carbonyl (C=O) groups excluding carboxylic acids is 1. The van der Waals surface area contributed by atoms with Crippen LogP contribution in [0.25, 0.3) is 0 Å². The number of ether oxygens (including phenoxy) is 1. The summed E-state index contributed by atoms with van der Waals surface area (Å²) >= 11 is 1.77. The lowest BCUT2D eigenvalue weighted by atomic mass is 10.1. The first-order chi connectivity index (χ1) is 7.91. The summed E-state index contributed by atoms with van der Waals surface area (Å²) in [5.74, 6) is 0. The highest BCUT2D eigenvalue weighted by Gasteiger charge is 2.45. The van der Waals surface area contributed by atoms with Crippen molar-refractivity contribution in [3.63, 3.8) is 0 Å². The fourth-order valence-electron chi connectivity index (χ4n) is 1.80. The van der Waals surface area contributed by atoms with Crippen LogP contribution >= 0.6 is 11.3 Å². The molecule has 1 saturated carbocycles. The summed E-state index contributed by atoms with van der Waals surface area (Å²) in [6.45, 7) is 6.30. The Morgan fingerprint density at radius 3 is 2.71 bits per heavy atom. The molecule has 17 heavy (non-hydrogen) atoms. The Balaban J connectivity index is 1.85. The second-order valence-electron chi connectivity index (χ2n) is 5.61. The standard InChI is InChI=1S/C13H19NO2S/c1-12(2,3)16-11(15)14-9-13(6-7-13)10-5-4-8-17-10/h4-5,8H,6-7,9H2,1-3H3,(H,14,15). The van der Waals surface area contributed by atoms with E-state index in [2.05, 4.69) is 22.8 Å². The Morgan fingerprint density at radius 2 is 2.24 bits per heavy atom. The van der Waals surface area contributed by atoms with Crippen LogP contribution in [0.5, 0.6) is 0 Å². The fraction of sp³-hybridized carbons (Fsp3) is 0.615. The van der Waals surface area contributed by atoms with Crippen LogP contribution in [0.15, 0.2) is 17.5 Å². The Bertz CT molecular complexity index is 388. The quantitative estimate of drug-likeness (QED) is 0.897. The Hall–Kier alpha value is -1.03. The number of amides is 1. The Kier molecular flexibility index (Phi) is 3.17. The predicted molar refractivity (Wildman–Crippen MR) is 69.5 cm³/mol. The molecular formula is C13H19NO2S. The molecule has 94 valence electrons. The summed E-state index contributed by atoms with van der Waals surface area (Å²) in [6.07, 6.45) is 1.99. The van der Waals surface area contributed by atoms with Crippen molar-refractivity contribution in [2.75, 3.05) is 6.54 Å². The molecule has 1 aliphatic rings. The van der Waals surface area contributed by atoms with E-state index in [1.54, 1.807) is 11.3 Å². The molecule has 0 spiro atoms. The van der Waals surface area contributed by atoms with Crippen LogP contribution in [-0.2, 0) is 10.2 Å². The van der Waals surface area contributed by atoms with E-state index >= 15 is 0 Å². The lowest BCUT2D eigenvalue weighted by Crippen LogP contribution is -2.36. The molecule has 0 atom stereocenters. The molecule has 0 bridgehead atoms. The van der Waals surface area contributed by atoms with E-state index in [1.165, 1.54) is 4.88 Å². The number of rotatable bonds is 3. The first kappa shape index (κ1) is 12.4. The number of carbonyl (C=O) groups is 1. The van der Waals surface area contributed by atoms with Crippen LogP contribution in [0.2, 0.25) is 0 Å². The van der Waals surface area contributed by atoms with E-state index in [0.29, 0.717) is 6.54 Å². The molecule has 1 fully saturated rings. The van der Waals surface area contributed by atoms with Crippen LogP contribution in [-0.4, -0.2) is 18.2 Å². The molecule has 1 aromatic heterocycles. The van der Waals surface area contributed by atoms with Gasteiger partial charge in [0.1, 0.15) is 5.60 Å². The molecule has 1 N–H and O–H groups in total. The second-order valence-corrected chi connectivity index (χ2v) is 6.56. The van der Waals surface area contributed by atoms with E-state index in [9.17, 15) is 4.79 Å². The van der Waals surface area contributed by atoms with E-state index in [-0.39, 0.29) is 11.5 Å². The lowest BCUT2D eigenvalue weighted by molar-refractivity contribution is 0.0522. The van der Waals surface area contributed by atoms with Gasteiger partial charge in [0, 0.05) is 16.8 Å². The molecular weight excluding hydrogens is 234 g/mol. The zero-order chi connectivity index (χ0) is 12.5. The highest BCUT2D eigenvalue weighted by Crippen LogP contribution is 2.49. The highest BCUT2D eigenvalue weighted by atomic mass is 32.1. The molecule has 0 aromatic carbocycles. The van der Waals surface area contributed by atoms with E-state index < -0.39 is 5.60 Å². The maximum absolute atomic E-state index is 11.6. The first-order valence-electron chi connectivity index (χ1n) is 5.92. The van der Waals surface area contributed by atoms with Crippen molar-refractivity contribution in [1.29, 1.82) is 0 Å². The molecule has 0 saturated heterocycles. The third kappa shape index (κ3) is 3.22. The number of nitrogens with one attached hydrogen (secondary N) is 1. The van der Waals surface area contributed by atoms with Gasteiger partial charge in [0.15, 0.2) is 0 Å². The van der Waals surface area contributed by atoms with Crippen LogP contribution in [0.3, 0.4) is 0 Å². The third-order valence-corrected chi connectivity index (χ3v) is 3.98. The van der Waals surface area contributed by atoms with Crippen molar-refractivity contribution in [3.05, 3.63) is 22.4 Å². The average Bonchev–Trinajstić information content (AvgIpc) is 2.78. The van der Waals surface area contributed by atoms with Gasteiger partial charge in [0.25, 0.3) is 0 Å². The lowest BCUT2D eigenvalue weighted by Gasteiger charge is -2.21. The number of thiophene rings is 1. The van der Waals surface area contributed by atoms with E-state index in [1.807, 2.05) is 20.8 Å². The van der Waals surface area contributed by atoms with Gasteiger partial charge in [-0.05, 0) is 45.1 Å². The minimum Gasteiger partial charge on any atom is -0.444 e. The van der Waals surface area contributed by atoms with Crippen LogP contribution in [0.4, 0.5) is 4.79 Å². The van der Waals surface area contributed by atoms with Gasteiger partial charge in [-0.25, -0.2) is 4.79 Å². The van der Waals surface area contributed by atoms with Crippen molar-refractivity contribution in [2.24, 2.45) is 0 Å². The average molecular weight is 253 g/mol. The van der Waals surface area contributed by atoms with Crippen molar-refractivity contribution >= 4 is 17.4 Å². The molecule has 1 aliphatic carbocycles. The zero-order valence-corrected chi connectivity index (χ0v) is 11.4. The number of alkyl carbamates (subject to hydrolysis) is 1. The summed E-state index contributed by atoms with van der Waals surface area (Å²) in [5.41, 5.74) is -0.241. The molecule has 1 heterocycles. The summed E-state index contributed by atoms with van der Waals surface area (Å²) in [6, 6.07) is 4.21. The number of hydrogen-bond donors (Lipinski definition) is 1. The first-order valence-corrected chi connectivity index (χ1v) is 6.80. The Labute approximate surface area is 106 Å². The van der Waals surface area contributed by atoms with Crippen molar-refractivity contribution in [3.8, 4) is 0 Å². The van der Waals surface area contributed by atoms with Gasteiger partial charge in [0.2, 0.25) is 0 Å². The van der Waals surface area contributed by atoms with Gasteiger partial charge in [-0.1, -0.05) is 6.07 Å². The SMILES string of the molecule is CC(C)(C)OC(=O)NCC1(c2cccs2)CC1. The van der Waals surface area contributed by atoms with Gasteiger partial charge in [-0.15, -0.1) is 11.3 Å². The normalized spacial score (nSPS) is 17.6. The van der Waals surface area contributed by atoms with Gasteiger partial charge >= 0.3 is 6.09 Å². The topological polar surface area (TPSA) is 38.3 Å². The monoisotopic (exact) mass is 253 g/mol. The molecule has 4 heteroatoms. The molecule has 1 aromatic rings. The third-order valence-electron chi connectivity index (χ3n) is 2.87. The van der Waals surface area contributed by atoms with Crippen molar-refractivity contribution in [1.82, 2.24) is 5.32 Å². The van der Waals surface area contributed by atoms with Gasteiger partial charge in [0.05, 0.1) is 0 Å². The second kappa shape index (κ2) is 4.33. The fourth-order valence-corrected chi connectivity index (χ4v) is 2.78. The van der Waals surface area contributed by atoms with Crippen LogP contribution < -0.4 is 5.32 Å². The van der Waals surface area contributed by atoms with Crippen LogP contribution in [0.1, 0.15) is 38.5 Å².